The topological polar surface area (TPSA) is 121 Å². The van der Waals surface area contributed by atoms with E-state index in [1.807, 2.05) is 18.2 Å². The smallest absolute Gasteiger partial charge is 0.330 e. The summed E-state index contributed by atoms with van der Waals surface area (Å²) in [5, 5.41) is 5.88. The van der Waals surface area contributed by atoms with Crippen LogP contribution in [0.25, 0.3) is 11.0 Å². The Labute approximate surface area is 211 Å². The van der Waals surface area contributed by atoms with Gasteiger partial charge in [-0.25, -0.2) is 9.59 Å². The molecule has 7 rings (SSSR count). The van der Waals surface area contributed by atoms with Gasteiger partial charge < -0.3 is 15.1 Å². The first-order valence-electron chi connectivity index (χ1n) is 12.3. The van der Waals surface area contributed by atoms with Gasteiger partial charge in [0.15, 0.2) is 0 Å². The molecule has 2 aromatic carbocycles. The van der Waals surface area contributed by atoms with E-state index in [0.29, 0.717) is 31.6 Å². The molecule has 1 unspecified atom stereocenters. The lowest BCUT2D eigenvalue weighted by Gasteiger charge is -2.27. The minimum Gasteiger partial charge on any atom is -0.342 e. The number of benzene rings is 2. The van der Waals surface area contributed by atoms with E-state index in [2.05, 4.69) is 22.8 Å². The summed E-state index contributed by atoms with van der Waals surface area (Å²) in [4.78, 5) is 58.5. The summed E-state index contributed by atoms with van der Waals surface area (Å²) in [5.74, 6) is 0.273. The van der Waals surface area contributed by atoms with Crippen molar-refractivity contribution in [3.8, 4) is 0 Å². The molecule has 0 saturated carbocycles. The average molecular weight is 500 g/mol. The van der Waals surface area contributed by atoms with E-state index in [9.17, 15) is 19.2 Å². The number of carbonyl (C=O) groups excluding carboxylic acids is 3. The zero-order valence-electron chi connectivity index (χ0n) is 20.5. The normalized spacial score (nSPS) is 22.2. The van der Waals surface area contributed by atoms with Crippen molar-refractivity contribution in [1.29, 1.82) is 0 Å². The average Bonchev–Trinajstić information content (AvgIpc) is 3.38. The summed E-state index contributed by atoms with van der Waals surface area (Å²) in [6.45, 7) is 0.804. The fraction of sp³-hybridized carbons (Fsp3) is 0.346. The maximum atomic E-state index is 13.4. The Morgan fingerprint density at radius 2 is 1.78 bits per heavy atom. The van der Waals surface area contributed by atoms with Gasteiger partial charge in [-0.15, -0.1) is 0 Å². The van der Waals surface area contributed by atoms with E-state index in [1.54, 1.807) is 23.6 Å². The van der Waals surface area contributed by atoms with Crippen LogP contribution in [-0.2, 0) is 41.9 Å². The monoisotopic (exact) mass is 499 g/mol. The number of aliphatic imine (C=N–C) groups is 1. The van der Waals surface area contributed by atoms with Gasteiger partial charge in [-0.05, 0) is 41.3 Å². The molecule has 1 fully saturated rings. The molecule has 3 aliphatic heterocycles. The largest absolute Gasteiger partial charge is 0.342 e. The maximum absolute atomic E-state index is 13.4. The number of aromatic nitrogens is 2. The second kappa shape index (κ2) is 7.31. The van der Waals surface area contributed by atoms with Crippen LogP contribution < -0.4 is 21.2 Å². The van der Waals surface area contributed by atoms with Crippen molar-refractivity contribution in [2.24, 2.45) is 4.99 Å². The first-order chi connectivity index (χ1) is 17.8. The highest BCUT2D eigenvalue weighted by atomic mass is 16.2. The fourth-order valence-corrected chi connectivity index (χ4v) is 6.18. The fourth-order valence-electron chi connectivity index (χ4n) is 6.18. The summed E-state index contributed by atoms with van der Waals surface area (Å²) in [5.41, 5.74) is 5.19. The second-order valence-corrected chi connectivity index (χ2v) is 10.2. The summed E-state index contributed by atoms with van der Waals surface area (Å²) >= 11 is 0. The molecule has 4 aliphatic rings. The Hall–Kier alpha value is -4.41. The molecule has 1 atom stereocenters. The van der Waals surface area contributed by atoms with Gasteiger partial charge in [0.25, 0.3) is 5.91 Å². The Morgan fingerprint density at radius 3 is 2.54 bits per heavy atom. The third-order valence-electron chi connectivity index (χ3n) is 8.30. The number of amidine groups is 1. The van der Waals surface area contributed by atoms with E-state index in [-0.39, 0.29) is 36.6 Å². The van der Waals surface area contributed by atoms with Crippen molar-refractivity contribution in [2.75, 3.05) is 30.9 Å². The molecule has 0 bridgehead atoms. The summed E-state index contributed by atoms with van der Waals surface area (Å²) in [6, 6.07) is 9.39. The van der Waals surface area contributed by atoms with Crippen molar-refractivity contribution in [2.45, 2.75) is 37.9 Å². The zero-order valence-corrected chi connectivity index (χ0v) is 20.5. The van der Waals surface area contributed by atoms with Crippen molar-refractivity contribution < 1.29 is 14.4 Å². The number of para-hydroxylation sites is 1. The maximum Gasteiger partial charge on any atom is 0.330 e. The quantitative estimate of drug-likeness (QED) is 0.507. The number of urea groups is 1. The van der Waals surface area contributed by atoms with Gasteiger partial charge in [-0.1, -0.05) is 12.1 Å². The number of imidazole rings is 1. The molecule has 11 nitrogen and oxygen atoms in total. The van der Waals surface area contributed by atoms with Crippen LogP contribution in [0.4, 0.5) is 16.2 Å². The Morgan fingerprint density at radius 1 is 1.00 bits per heavy atom. The van der Waals surface area contributed by atoms with Gasteiger partial charge >= 0.3 is 11.7 Å². The number of nitrogens with zero attached hydrogens (tertiary/aromatic N) is 5. The number of fused-ring (bicyclic) bond motifs is 2. The molecule has 3 aromatic rings. The van der Waals surface area contributed by atoms with Gasteiger partial charge in [0.2, 0.25) is 5.91 Å². The lowest BCUT2D eigenvalue weighted by Crippen LogP contribution is -2.48. The molecule has 2 N–H and O–H groups in total. The van der Waals surface area contributed by atoms with E-state index >= 15 is 0 Å². The first kappa shape index (κ1) is 21.8. The van der Waals surface area contributed by atoms with Crippen molar-refractivity contribution in [1.82, 2.24) is 19.4 Å². The summed E-state index contributed by atoms with van der Waals surface area (Å²) in [7, 11) is 3.39. The van der Waals surface area contributed by atoms with E-state index < -0.39 is 5.54 Å². The molecule has 11 heteroatoms. The van der Waals surface area contributed by atoms with Crippen LogP contribution in [0, 0.1) is 0 Å². The molecule has 4 amide bonds. The minimum atomic E-state index is -0.875. The van der Waals surface area contributed by atoms with Crippen LogP contribution in [-0.4, -0.2) is 63.9 Å². The standard InChI is InChI=1S/C26H25N7O4/c1-30-18-4-3-5-19-22(18)33(13-21(30)34)25(37)32(19)12-20-27-7-6-14-8-15-10-26(11-16(15)9-17(14)28-20)23(35)29-24(36)31(26)2/h3-5,8-9H,6-7,10-13H2,1-2H3,(H,27,28)(H,29,35,36). The third-order valence-corrected chi connectivity index (χ3v) is 8.30. The Balaban J connectivity index is 1.22. The Bertz CT molecular complexity index is 1670. The van der Waals surface area contributed by atoms with Crippen LogP contribution in [0.2, 0.25) is 0 Å². The number of hydrogen-bond donors (Lipinski definition) is 2. The molecule has 1 aliphatic carbocycles. The zero-order chi connectivity index (χ0) is 25.6. The highest BCUT2D eigenvalue weighted by molar-refractivity contribution is 6.08. The molecule has 37 heavy (non-hydrogen) atoms. The molecular weight excluding hydrogens is 474 g/mol. The van der Waals surface area contributed by atoms with Crippen LogP contribution in [0.5, 0.6) is 0 Å². The summed E-state index contributed by atoms with van der Waals surface area (Å²) < 4.78 is 3.20. The molecule has 1 spiro atoms. The predicted octanol–water partition coefficient (Wildman–Crippen LogP) is 0.865. The number of likely N-dealkylation sites (N-methyl/N-ethyl adjacent to an activating group) is 2. The number of nitrogens with one attached hydrogen (secondary N) is 2. The SMILES string of the molecule is CN1C(=O)Cn2c(=O)n(CC3=NCCc4cc5c(cc4N3)CC3(C5)C(=O)NC(=O)N3C)c3cccc1c32. The third kappa shape index (κ3) is 2.90. The van der Waals surface area contributed by atoms with Crippen LogP contribution in [0.1, 0.15) is 16.7 Å². The summed E-state index contributed by atoms with van der Waals surface area (Å²) in [6.07, 6.45) is 1.66. The van der Waals surface area contributed by atoms with Gasteiger partial charge in [0, 0.05) is 39.2 Å². The minimum absolute atomic E-state index is 0.0109. The lowest BCUT2D eigenvalue weighted by molar-refractivity contribution is -0.125. The van der Waals surface area contributed by atoms with Crippen molar-refractivity contribution in [3.63, 3.8) is 0 Å². The van der Waals surface area contributed by atoms with Crippen LogP contribution >= 0.6 is 0 Å². The first-order valence-corrected chi connectivity index (χ1v) is 12.3. The highest BCUT2D eigenvalue weighted by Gasteiger charge is 2.54. The lowest BCUT2D eigenvalue weighted by atomic mass is 9.95. The van der Waals surface area contributed by atoms with Gasteiger partial charge in [0.1, 0.15) is 17.9 Å². The Kier molecular flexibility index (Phi) is 4.31. The van der Waals surface area contributed by atoms with Crippen molar-refractivity contribution in [3.05, 3.63) is 57.5 Å². The van der Waals surface area contributed by atoms with Crippen LogP contribution in [0.15, 0.2) is 40.1 Å². The molecule has 0 radical (unpaired) electrons. The number of anilines is 2. The molecule has 1 saturated heterocycles. The molecule has 4 heterocycles. The molecule has 1 aromatic heterocycles. The van der Waals surface area contributed by atoms with Gasteiger partial charge in [-0.3, -0.25) is 29.0 Å². The van der Waals surface area contributed by atoms with Crippen LogP contribution in [0.3, 0.4) is 0 Å². The number of imide groups is 1. The predicted molar refractivity (Wildman–Crippen MR) is 137 cm³/mol. The number of rotatable bonds is 2. The van der Waals surface area contributed by atoms with E-state index in [4.69, 9.17) is 4.99 Å². The van der Waals surface area contributed by atoms with E-state index in [1.165, 1.54) is 9.47 Å². The van der Waals surface area contributed by atoms with Gasteiger partial charge in [-0.2, -0.15) is 0 Å². The highest BCUT2D eigenvalue weighted by Crippen LogP contribution is 2.39. The van der Waals surface area contributed by atoms with Crippen molar-refractivity contribution >= 4 is 46.1 Å². The molecular formula is C26H25N7O4. The van der Waals surface area contributed by atoms with E-state index in [0.717, 1.165) is 39.1 Å². The number of hydrogen-bond acceptors (Lipinski definition) is 6. The van der Waals surface area contributed by atoms with Gasteiger partial charge in [0.05, 0.1) is 23.3 Å². The number of amides is 4. The number of carbonyl (C=O) groups is 3. The molecule has 188 valence electrons. The second-order valence-electron chi connectivity index (χ2n) is 10.2.